The Labute approximate surface area is 105 Å². The summed E-state index contributed by atoms with van der Waals surface area (Å²) in [7, 11) is 0. The molecule has 1 heterocycles. The van der Waals surface area contributed by atoms with Crippen molar-refractivity contribution in [3.05, 3.63) is 59.4 Å². The fourth-order valence-corrected chi connectivity index (χ4v) is 1.61. The van der Waals surface area contributed by atoms with Gasteiger partial charge >= 0.3 is 0 Å². The number of aliphatic hydroxyl groups is 1. The molecule has 2 N–H and O–H groups in total. The molecule has 0 saturated heterocycles. The van der Waals surface area contributed by atoms with Gasteiger partial charge in [0, 0.05) is 24.0 Å². The number of nitrogens with one attached hydrogen (secondary N) is 1. The van der Waals surface area contributed by atoms with Crippen molar-refractivity contribution in [2.24, 2.45) is 0 Å². The second-order valence-corrected chi connectivity index (χ2v) is 4.13. The zero-order valence-electron chi connectivity index (χ0n) is 9.18. The SMILES string of the molecule is OC(CNc1cccnc1)c1ccc(Cl)cc1. The second-order valence-electron chi connectivity index (χ2n) is 3.69. The fraction of sp³-hybridized carbons (Fsp3) is 0.154. The number of aromatic nitrogens is 1. The van der Waals surface area contributed by atoms with Gasteiger partial charge in [-0.2, -0.15) is 0 Å². The Morgan fingerprint density at radius 1 is 1.24 bits per heavy atom. The van der Waals surface area contributed by atoms with Gasteiger partial charge in [0.25, 0.3) is 0 Å². The molecule has 0 aliphatic rings. The molecule has 3 nitrogen and oxygen atoms in total. The molecule has 0 aliphatic heterocycles. The summed E-state index contributed by atoms with van der Waals surface area (Å²) < 4.78 is 0. The van der Waals surface area contributed by atoms with Crippen LogP contribution in [0.2, 0.25) is 5.02 Å². The Morgan fingerprint density at radius 3 is 2.65 bits per heavy atom. The highest BCUT2D eigenvalue weighted by molar-refractivity contribution is 6.30. The lowest BCUT2D eigenvalue weighted by Crippen LogP contribution is -2.12. The minimum absolute atomic E-state index is 0.438. The predicted molar refractivity (Wildman–Crippen MR) is 69.1 cm³/mol. The molecule has 2 aromatic rings. The van der Waals surface area contributed by atoms with E-state index < -0.39 is 6.10 Å². The first-order valence-electron chi connectivity index (χ1n) is 5.33. The van der Waals surface area contributed by atoms with Crippen molar-refractivity contribution in [2.75, 3.05) is 11.9 Å². The molecule has 0 fully saturated rings. The highest BCUT2D eigenvalue weighted by atomic mass is 35.5. The quantitative estimate of drug-likeness (QED) is 0.875. The normalized spacial score (nSPS) is 12.1. The number of hydrogen-bond acceptors (Lipinski definition) is 3. The van der Waals surface area contributed by atoms with Gasteiger partial charge in [0.2, 0.25) is 0 Å². The van der Waals surface area contributed by atoms with E-state index in [-0.39, 0.29) is 0 Å². The Morgan fingerprint density at radius 2 is 2.00 bits per heavy atom. The van der Waals surface area contributed by atoms with Gasteiger partial charge in [-0.15, -0.1) is 0 Å². The van der Waals surface area contributed by atoms with E-state index in [9.17, 15) is 5.11 Å². The van der Waals surface area contributed by atoms with Crippen LogP contribution in [0.3, 0.4) is 0 Å². The van der Waals surface area contributed by atoms with Crippen molar-refractivity contribution in [3.63, 3.8) is 0 Å². The first-order valence-corrected chi connectivity index (χ1v) is 5.71. The smallest absolute Gasteiger partial charge is 0.0962 e. The predicted octanol–water partition coefficient (Wildman–Crippen LogP) is 2.88. The average Bonchev–Trinajstić information content (AvgIpc) is 2.38. The van der Waals surface area contributed by atoms with E-state index in [2.05, 4.69) is 10.3 Å². The van der Waals surface area contributed by atoms with Crippen LogP contribution in [-0.4, -0.2) is 16.6 Å². The van der Waals surface area contributed by atoms with E-state index >= 15 is 0 Å². The molecule has 0 aliphatic carbocycles. The molecule has 0 amide bonds. The maximum Gasteiger partial charge on any atom is 0.0962 e. The number of aliphatic hydroxyl groups excluding tert-OH is 1. The van der Waals surface area contributed by atoms with Gasteiger partial charge in [0.15, 0.2) is 0 Å². The van der Waals surface area contributed by atoms with Crippen molar-refractivity contribution < 1.29 is 5.11 Å². The number of pyridine rings is 1. The Kier molecular flexibility index (Phi) is 3.96. The van der Waals surface area contributed by atoms with Gasteiger partial charge in [-0.25, -0.2) is 0 Å². The largest absolute Gasteiger partial charge is 0.387 e. The van der Waals surface area contributed by atoms with E-state index in [0.29, 0.717) is 11.6 Å². The third kappa shape index (κ3) is 3.44. The van der Waals surface area contributed by atoms with Crippen LogP contribution >= 0.6 is 11.6 Å². The van der Waals surface area contributed by atoms with Crippen molar-refractivity contribution in [1.29, 1.82) is 0 Å². The molecular formula is C13H13ClN2O. The van der Waals surface area contributed by atoms with E-state index in [0.717, 1.165) is 11.3 Å². The molecule has 4 heteroatoms. The Hall–Kier alpha value is -1.58. The highest BCUT2D eigenvalue weighted by Gasteiger charge is 2.06. The van der Waals surface area contributed by atoms with E-state index in [4.69, 9.17) is 11.6 Å². The summed E-state index contributed by atoms with van der Waals surface area (Å²) in [5.41, 5.74) is 1.73. The monoisotopic (exact) mass is 248 g/mol. The molecule has 0 saturated carbocycles. The number of benzene rings is 1. The summed E-state index contributed by atoms with van der Waals surface area (Å²) in [4.78, 5) is 3.99. The third-order valence-electron chi connectivity index (χ3n) is 2.42. The third-order valence-corrected chi connectivity index (χ3v) is 2.67. The number of hydrogen-bond donors (Lipinski definition) is 2. The van der Waals surface area contributed by atoms with Gasteiger partial charge in [-0.1, -0.05) is 23.7 Å². The van der Waals surface area contributed by atoms with Gasteiger partial charge in [-0.05, 0) is 29.8 Å². The maximum absolute atomic E-state index is 9.95. The summed E-state index contributed by atoms with van der Waals surface area (Å²) in [6.45, 7) is 0.438. The van der Waals surface area contributed by atoms with Crippen molar-refractivity contribution >= 4 is 17.3 Å². The molecule has 0 spiro atoms. The molecule has 1 aromatic heterocycles. The topological polar surface area (TPSA) is 45.1 Å². The lowest BCUT2D eigenvalue weighted by molar-refractivity contribution is 0.191. The Bertz CT molecular complexity index is 459. The van der Waals surface area contributed by atoms with Gasteiger partial charge in [0.05, 0.1) is 11.8 Å². The second kappa shape index (κ2) is 5.66. The summed E-state index contributed by atoms with van der Waals surface area (Å²) in [6.07, 6.45) is 2.86. The van der Waals surface area contributed by atoms with E-state index in [1.54, 1.807) is 24.5 Å². The van der Waals surface area contributed by atoms with Crippen molar-refractivity contribution in [2.45, 2.75) is 6.10 Å². The molecule has 17 heavy (non-hydrogen) atoms. The minimum Gasteiger partial charge on any atom is -0.387 e. The average molecular weight is 249 g/mol. The van der Waals surface area contributed by atoms with Crippen LogP contribution in [0.5, 0.6) is 0 Å². The zero-order valence-corrected chi connectivity index (χ0v) is 9.93. The fourth-order valence-electron chi connectivity index (χ4n) is 1.48. The summed E-state index contributed by atoms with van der Waals surface area (Å²) in [5, 5.41) is 13.7. The Balaban J connectivity index is 1.93. The molecule has 88 valence electrons. The van der Waals surface area contributed by atoms with E-state index in [1.165, 1.54) is 0 Å². The van der Waals surface area contributed by atoms with Crippen LogP contribution in [-0.2, 0) is 0 Å². The van der Waals surface area contributed by atoms with Crippen LogP contribution in [0, 0.1) is 0 Å². The van der Waals surface area contributed by atoms with Crippen molar-refractivity contribution in [1.82, 2.24) is 4.98 Å². The summed E-state index contributed by atoms with van der Waals surface area (Å²) in [5.74, 6) is 0. The molecule has 1 aromatic carbocycles. The van der Waals surface area contributed by atoms with Crippen LogP contribution in [0.4, 0.5) is 5.69 Å². The van der Waals surface area contributed by atoms with Crippen molar-refractivity contribution in [3.8, 4) is 0 Å². The summed E-state index contributed by atoms with van der Waals surface area (Å²) >= 11 is 5.78. The first-order chi connectivity index (χ1) is 8.25. The standard InChI is InChI=1S/C13H13ClN2O/c14-11-5-3-10(4-6-11)13(17)9-16-12-2-1-7-15-8-12/h1-8,13,16-17H,9H2. The zero-order chi connectivity index (χ0) is 12.1. The number of rotatable bonds is 4. The lowest BCUT2D eigenvalue weighted by Gasteiger charge is -2.12. The van der Waals surface area contributed by atoms with Crippen LogP contribution in [0.1, 0.15) is 11.7 Å². The highest BCUT2D eigenvalue weighted by Crippen LogP contribution is 2.17. The molecule has 1 atom stereocenters. The lowest BCUT2D eigenvalue weighted by atomic mass is 10.1. The number of halogens is 1. The summed E-state index contributed by atoms with van der Waals surface area (Å²) in [6, 6.07) is 10.9. The molecule has 0 bridgehead atoms. The van der Waals surface area contributed by atoms with Gasteiger partial charge in [0.1, 0.15) is 0 Å². The molecule has 0 radical (unpaired) electrons. The maximum atomic E-state index is 9.95. The molecule has 1 unspecified atom stereocenters. The number of nitrogens with zero attached hydrogens (tertiary/aromatic N) is 1. The first kappa shape index (κ1) is 11.9. The molecule has 2 rings (SSSR count). The number of anilines is 1. The minimum atomic E-state index is -0.563. The van der Waals surface area contributed by atoms with Crippen LogP contribution in [0.25, 0.3) is 0 Å². The van der Waals surface area contributed by atoms with Crippen LogP contribution in [0.15, 0.2) is 48.8 Å². The van der Waals surface area contributed by atoms with Crippen LogP contribution < -0.4 is 5.32 Å². The van der Waals surface area contributed by atoms with E-state index in [1.807, 2.05) is 24.3 Å². The molecular weight excluding hydrogens is 236 g/mol. The van der Waals surface area contributed by atoms with Gasteiger partial charge < -0.3 is 10.4 Å². The van der Waals surface area contributed by atoms with Gasteiger partial charge in [-0.3, -0.25) is 4.98 Å².